The maximum Gasteiger partial charge on any atom is 0.256 e. The standard InChI is InChI=1S/C20H20N2O2S/c1-2-14-25-18-7-4-3-6-17(18)20(24)21-15-9-11-16(12-10-15)22-13-5-8-19(22)23/h2-4,6-7,9-12H,1,5,8,13-14H2,(H,21,24). The van der Waals surface area contributed by atoms with Gasteiger partial charge in [-0.25, -0.2) is 0 Å². The second-order valence-corrected chi connectivity index (χ2v) is 6.81. The molecule has 1 heterocycles. The lowest BCUT2D eigenvalue weighted by Crippen LogP contribution is -2.23. The summed E-state index contributed by atoms with van der Waals surface area (Å²) in [6.07, 6.45) is 3.33. The van der Waals surface area contributed by atoms with E-state index in [1.165, 1.54) is 0 Å². The van der Waals surface area contributed by atoms with Gasteiger partial charge in [0.1, 0.15) is 0 Å². The SMILES string of the molecule is C=CCSc1ccccc1C(=O)Nc1ccc(N2CCCC2=O)cc1. The van der Waals surface area contributed by atoms with E-state index in [0.717, 1.165) is 29.3 Å². The van der Waals surface area contributed by atoms with Crippen LogP contribution in [0.5, 0.6) is 0 Å². The minimum Gasteiger partial charge on any atom is -0.322 e. The summed E-state index contributed by atoms with van der Waals surface area (Å²) in [6, 6.07) is 14.9. The van der Waals surface area contributed by atoms with Crippen LogP contribution in [0.15, 0.2) is 66.1 Å². The van der Waals surface area contributed by atoms with Crippen LogP contribution in [0.25, 0.3) is 0 Å². The van der Waals surface area contributed by atoms with Crippen molar-refractivity contribution < 1.29 is 9.59 Å². The Hall–Kier alpha value is -2.53. The van der Waals surface area contributed by atoms with Crippen molar-refractivity contribution in [3.05, 3.63) is 66.7 Å². The molecular weight excluding hydrogens is 332 g/mol. The van der Waals surface area contributed by atoms with Crippen LogP contribution in [0.1, 0.15) is 23.2 Å². The fourth-order valence-corrected chi connectivity index (χ4v) is 3.56. The van der Waals surface area contributed by atoms with Crippen molar-refractivity contribution in [3.63, 3.8) is 0 Å². The molecule has 1 aliphatic rings. The molecule has 0 radical (unpaired) electrons. The van der Waals surface area contributed by atoms with E-state index in [4.69, 9.17) is 0 Å². The van der Waals surface area contributed by atoms with E-state index in [2.05, 4.69) is 11.9 Å². The Morgan fingerprint density at radius 3 is 2.64 bits per heavy atom. The predicted octanol–water partition coefficient (Wildman–Crippen LogP) is 4.34. The summed E-state index contributed by atoms with van der Waals surface area (Å²) in [5.41, 5.74) is 2.24. The number of hydrogen-bond donors (Lipinski definition) is 1. The van der Waals surface area contributed by atoms with Gasteiger partial charge < -0.3 is 10.2 Å². The summed E-state index contributed by atoms with van der Waals surface area (Å²) in [6.45, 7) is 4.48. The number of carbonyl (C=O) groups is 2. The number of nitrogens with one attached hydrogen (secondary N) is 1. The molecule has 3 rings (SSSR count). The van der Waals surface area contributed by atoms with Gasteiger partial charge in [0.05, 0.1) is 5.56 Å². The number of hydrogen-bond acceptors (Lipinski definition) is 3. The van der Waals surface area contributed by atoms with E-state index in [9.17, 15) is 9.59 Å². The van der Waals surface area contributed by atoms with Crippen molar-refractivity contribution in [2.75, 3.05) is 22.5 Å². The minimum atomic E-state index is -0.142. The molecule has 1 fully saturated rings. The first-order chi connectivity index (χ1) is 12.2. The third-order valence-electron chi connectivity index (χ3n) is 4.00. The molecule has 2 aromatic carbocycles. The Morgan fingerprint density at radius 1 is 1.20 bits per heavy atom. The highest BCUT2D eigenvalue weighted by molar-refractivity contribution is 7.99. The normalized spacial score (nSPS) is 13.8. The van der Waals surface area contributed by atoms with Crippen LogP contribution in [0.3, 0.4) is 0 Å². The Bertz CT molecular complexity index is 787. The fraction of sp³-hybridized carbons (Fsp3) is 0.200. The van der Waals surface area contributed by atoms with E-state index in [1.807, 2.05) is 54.6 Å². The van der Waals surface area contributed by atoms with Gasteiger partial charge in [0, 0.05) is 35.0 Å². The van der Waals surface area contributed by atoms with Crippen molar-refractivity contribution in [1.82, 2.24) is 0 Å². The Balaban J connectivity index is 1.71. The van der Waals surface area contributed by atoms with E-state index in [1.54, 1.807) is 16.7 Å². The van der Waals surface area contributed by atoms with Crippen LogP contribution >= 0.6 is 11.8 Å². The van der Waals surface area contributed by atoms with Gasteiger partial charge in [-0.3, -0.25) is 9.59 Å². The van der Waals surface area contributed by atoms with E-state index in [-0.39, 0.29) is 11.8 Å². The smallest absolute Gasteiger partial charge is 0.256 e. The highest BCUT2D eigenvalue weighted by atomic mass is 32.2. The van der Waals surface area contributed by atoms with Gasteiger partial charge in [0.15, 0.2) is 0 Å². The quantitative estimate of drug-likeness (QED) is 0.621. The summed E-state index contributed by atoms with van der Waals surface area (Å²) in [7, 11) is 0. The number of nitrogens with zero attached hydrogens (tertiary/aromatic N) is 1. The molecule has 2 aromatic rings. The first kappa shape index (κ1) is 17.3. The van der Waals surface area contributed by atoms with Crippen LogP contribution in [-0.4, -0.2) is 24.1 Å². The largest absolute Gasteiger partial charge is 0.322 e. The molecule has 128 valence electrons. The molecule has 0 aromatic heterocycles. The van der Waals surface area contributed by atoms with Gasteiger partial charge in [-0.05, 0) is 42.8 Å². The average molecular weight is 352 g/mol. The second-order valence-electron chi connectivity index (χ2n) is 5.75. The molecular formula is C20H20N2O2S. The molecule has 0 spiro atoms. The molecule has 0 bridgehead atoms. The highest BCUT2D eigenvalue weighted by Crippen LogP contribution is 2.25. The Kier molecular flexibility index (Phi) is 5.56. The summed E-state index contributed by atoms with van der Waals surface area (Å²) in [5, 5.41) is 2.92. The van der Waals surface area contributed by atoms with Crippen molar-refractivity contribution in [3.8, 4) is 0 Å². The lowest BCUT2D eigenvalue weighted by molar-refractivity contribution is -0.117. The van der Waals surface area contributed by atoms with Crippen LogP contribution < -0.4 is 10.2 Å². The molecule has 0 saturated carbocycles. The fourth-order valence-electron chi connectivity index (χ4n) is 2.77. The first-order valence-corrected chi connectivity index (χ1v) is 9.22. The molecule has 0 aliphatic carbocycles. The molecule has 1 aliphatic heterocycles. The van der Waals surface area contributed by atoms with Crippen LogP contribution in [0, 0.1) is 0 Å². The van der Waals surface area contributed by atoms with Gasteiger partial charge in [-0.15, -0.1) is 18.3 Å². The third kappa shape index (κ3) is 4.12. The molecule has 0 unspecified atom stereocenters. The first-order valence-electron chi connectivity index (χ1n) is 8.23. The van der Waals surface area contributed by atoms with Crippen molar-refractivity contribution in [2.24, 2.45) is 0 Å². The van der Waals surface area contributed by atoms with Crippen molar-refractivity contribution in [1.29, 1.82) is 0 Å². The zero-order valence-corrected chi connectivity index (χ0v) is 14.7. The number of thioether (sulfide) groups is 1. The average Bonchev–Trinajstić information content (AvgIpc) is 3.07. The van der Waals surface area contributed by atoms with E-state index >= 15 is 0 Å². The number of anilines is 2. The Morgan fingerprint density at radius 2 is 1.96 bits per heavy atom. The Labute approximate surface area is 151 Å². The number of benzene rings is 2. The molecule has 0 atom stereocenters. The molecule has 1 saturated heterocycles. The van der Waals surface area contributed by atoms with E-state index in [0.29, 0.717) is 17.7 Å². The predicted molar refractivity (Wildman–Crippen MR) is 103 cm³/mol. The van der Waals surface area contributed by atoms with Gasteiger partial charge in [-0.1, -0.05) is 18.2 Å². The van der Waals surface area contributed by atoms with Gasteiger partial charge >= 0.3 is 0 Å². The van der Waals surface area contributed by atoms with Crippen LogP contribution in [0.2, 0.25) is 0 Å². The third-order valence-corrected chi connectivity index (χ3v) is 5.07. The summed E-state index contributed by atoms with van der Waals surface area (Å²) < 4.78 is 0. The molecule has 5 heteroatoms. The van der Waals surface area contributed by atoms with Crippen molar-refractivity contribution >= 4 is 35.0 Å². The maximum atomic E-state index is 12.6. The molecule has 25 heavy (non-hydrogen) atoms. The second kappa shape index (κ2) is 8.03. The van der Waals surface area contributed by atoms with Gasteiger partial charge in [0.2, 0.25) is 5.91 Å². The molecule has 2 amide bonds. The number of carbonyl (C=O) groups excluding carboxylic acids is 2. The summed E-state index contributed by atoms with van der Waals surface area (Å²) >= 11 is 1.58. The molecule has 1 N–H and O–H groups in total. The highest BCUT2D eigenvalue weighted by Gasteiger charge is 2.21. The summed E-state index contributed by atoms with van der Waals surface area (Å²) in [5.74, 6) is 0.769. The van der Waals surface area contributed by atoms with Gasteiger partial charge in [-0.2, -0.15) is 0 Å². The maximum absolute atomic E-state index is 12.6. The zero-order chi connectivity index (χ0) is 17.6. The lowest BCUT2D eigenvalue weighted by atomic mass is 10.2. The lowest BCUT2D eigenvalue weighted by Gasteiger charge is -2.16. The minimum absolute atomic E-state index is 0.142. The summed E-state index contributed by atoms with van der Waals surface area (Å²) in [4.78, 5) is 27.1. The van der Waals surface area contributed by atoms with Gasteiger partial charge in [0.25, 0.3) is 5.91 Å². The van der Waals surface area contributed by atoms with Crippen LogP contribution in [0.4, 0.5) is 11.4 Å². The molecule has 4 nitrogen and oxygen atoms in total. The van der Waals surface area contributed by atoms with E-state index < -0.39 is 0 Å². The zero-order valence-electron chi connectivity index (χ0n) is 13.9. The van der Waals surface area contributed by atoms with Crippen molar-refractivity contribution in [2.45, 2.75) is 17.7 Å². The topological polar surface area (TPSA) is 49.4 Å². The number of rotatable bonds is 6. The monoisotopic (exact) mass is 352 g/mol. The van der Waals surface area contributed by atoms with Crippen LogP contribution in [-0.2, 0) is 4.79 Å². The number of amides is 2.